The Morgan fingerprint density at radius 2 is 2.24 bits per heavy atom. The maximum Gasteiger partial charge on any atom is 0.119 e. The molecular formula is C13H22N2O2. The number of aliphatic hydroxyl groups is 1. The number of hydrogen-bond acceptors (Lipinski definition) is 4. The van der Waals surface area contributed by atoms with Crippen molar-refractivity contribution in [2.24, 2.45) is 5.73 Å². The zero-order valence-electron chi connectivity index (χ0n) is 10.6. The number of nitrogens with zero attached hydrogens (tertiary/aromatic N) is 1. The maximum absolute atomic E-state index is 9.65. The molecule has 0 aromatic heterocycles. The Labute approximate surface area is 103 Å². The first-order valence-electron chi connectivity index (χ1n) is 5.85. The number of ether oxygens (including phenoxy) is 1. The van der Waals surface area contributed by atoms with Gasteiger partial charge in [-0.3, -0.25) is 4.90 Å². The van der Waals surface area contributed by atoms with Crippen LogP contribution in [0, 0.1) is 0 Å². The van der Waals surface area contributed by atoms with Crippen molar-refractivity contribution in [3.63, 3.8) is 0 Å². The Kier molecular flexibility index (Phi) is 5.97. The number of likely N-dealkylation sites (N-methyl/N-ethyl adjacent to an activating group) is 1. The summed E-state index contributed by atoms with van der Waals surface area (Å²) in [7, 11) is 3.65. The molecule has 1 aromatic carbocycles. The Morgan fingerprint density at radius 1 is 1.47 bits per heavy atom. The van der Waals surface area contributed by atoms with E-state index in [0.29, 0.717) is 19.5 Å². The Balaban J connectivity index is 2.46. The van der Waals surface area contributed by atoms with Crippen LogP contribution in [-0.2, 0) is 6.54 Å². The number of aliphatic hydroxyl groups excluding tert-OH is 1. The number of nitrogens with two attached hydrogens (primary N) is 1. The van der Waals surface area contributed by atoms with Crippen LogP contribution >= 0.6 is 0 Å². The molecule has 1 rings (SSSR count). The second kappa shape index (κ2) is 7.27. The highest BCUT2D eigenvalue weighted by Crippen LogP contribution is 2.13. The van der Waals surface area contributed by atoms with E-state index >= 15 is 0 Å². The quantitative estimate of drug-likeness (QED) is 0.739. The molecule has 0 saturated carbocycles. The number of benzene rings is 1. The Bertz CT molecular complexity index is 331. The summed E-state index contributed by atoms with van der Waals surface area (Å²) in [5, 5.41) is 9.65. The van der Waals surface area contributed by atoms with Gasteiger partial charge >= 0.3 is 0 Å². The summed E-state index contributed by atoms with van der Waals surface area (Å²) in [6.45, 7) is 1.95. The van der Waals surface area contributed by atoms with Gasteiger partial charge in [-0.1, -0.05) is 12.1 Å². The van der Waals surface area contributed by atoms with E-state index in [1.54, 1.807) is 7.11 Å². The van der Waals surface area contributed by atoms with E-state index in [1.807, 2.05) is 31.3 Å². The van der Waals surface area contributed by atoms with E-state index in [2.05, 4.69) is 4.90 Å². The molecule has 4 heteroatoms. The molecule has 0 saturated heterocycles. The zero-order chi connectivity index (χ0) is 12.7. The highest BCUT2D eigenvalue weighted by molar-refractivity contribution is 5.28. The lowest BCUT2D eigenvalue weighted by atomic mass is 10.2. The molecule has 0 aliphatic heterocycles. The van der Waals surface area contributed by atoms with Crippen molar-refractivity contribution in [2.45, 2.75) is 19.1 Å². The predicted molar refractivity (Wildman–Crippen MR) is 69.0 cm³/mol. The third-order valence-corrected chi connectivity index (χ3v) is 2.61. The first kappa shape index (κ1) is 14.0. The van der Waals surface area contributed by atoms with Crippen LogP contribution in [0.4, 0.5) is 0 Å². The summed E-state index contributed by atoms with van der Waals surface area (Å²) in [6.07, 6.45) is 0.290. The molecular weight excluding hydrogens is 216 g/mol. The molecule has 96 valence electrons. The van der Waals surface area contributed by atoms with Gasteiger partial charge in [0.1, 0.15) is 5.75 Å². The summed E-state index contributed by atoms with van der Waals surface area (Å²) >= 11 is 0. The van der Waals surface area contributed by atoms with Crippen LogP contribution in [0.15, 0.2) is 24.3 Å². The smallest absolute Gasteiger partial charge is 0.119 e. The summed E-state index contributed by atoms with van der Waals surface area (Å²) in [4.78, 5) is 2.08. The van der Waals surface area contributed by atoms with Gasteiger partial charge in [0.25, 0.3) is 0 Å². The zero-order valence-corrected chi connectivity index (χ0v) is 10.6. The van der Waals surface area contributed by atoms with Crippen molar-refractivity contribution in [3.8, 4) is 5.75 Å². The molecule has 4 nitrogen and oxygen atoms in total. The van der Waals surface area contributed by atoms with Crippen LogP contribution in [0.25, 0.3) is 0 Å². The van der Waals surface area contributed by atoms with Crippen LogP contribution in [0.3, 0.4) is 0 Å². The van der Waals surface area contributed by atoms with Crippen molar-refractivity contribution in [1.29, 1.82) is 0 Å². The van der Waals surface area contributed by atoms with Gasteiger partial charge in [0, 0.05) is 13.1 Å². The standard InChI is InChI=1S/C13H22N2O2/c1-15(10-12(16)6-7-14)9-11-4-3-5-13(8-11)17-2/h3-5,8,12,16H,6-7,9-10,14H2,1-2H3. The highest BCUT2D eigenvalue weighted by Gasteiger charge is 2.08. The average Bonchev–Trinajstić information content (AvgIpc) is 2.29. The number of hydrogen-bond donors (Lipinski definition) is 2. The molecule has 0 spiro atoms. The van der Waals surface area contributed by atoms with Crippen LogP contribution in [-0.4, -0.2) is 43.4 Å². The lowest BCUT2D eigenvalue weighted by Crippen LogP contribution is -2.30. The van der Waals surface area contributed by atoms with Crippen LogP contribution in [0.1, 0.15) is 12.0 Å². The fraction of sp³-hybridized carbons (Fsp3) is 0.538. The van der Waals surface area contributed by atoms with Gasteiger partial charge in [-0.2, -0.15) is 0 Å². The van der Waals surface area contributed by atoms with Crippen LogP contribution in [0.5, 0.6) is 5.75 Å². The van der Waals surface area contributed by atoms with E-state index in [1.165, 1.54) is 5.56 Å². The van der Waals surface area contributed by atoms with Gasteiger partial charge in [0.15, 0.2) is 0 Å². The molecule has 1 aromatic rings. The topological polar surface area (TPSA) is 58.7 Å². The van der Waals surface area contributed by atoms with Crippen molar-refractivity contribution in [1.82, 2.24) is 4.90 Å². The maximum atomic E-state index is 9.65. The fourth-order valence-electron chi connectivity index (χ4n) is 1.79. The minimum atomic E-state index is -0.351. The first-order valence-corrected chi connectivity index (χ1v) is 5.85. The molecule has 0 heterocycles. The Morgan fingerprint density at radius 3 is 2.88 bits per heavy atom. The molecule has 17 heavy (non-hydrogen) atoms. The predicted octanol–water partition coefficient (Wildman–Crippen LogP) is 0.837. The Hall–Kier alpha value is -1.10. The van der Waals surface area contributed by atoms with E-state index in [4.69, 9.17) is 10.5 Å². The second-order valence-corrected chi connectivity index (χ2v) is 4.28. The summed E-state index contributed by atoms with van der Waals surface area (Å²) in [5.74, 6) is 0.860. The molecule has 0 radical (unpaired) electrons. The normalized spacial score (nSPS) is 12.8. The number of methoxy groups -OCH3 is 1. The molecule has 0 fully saturated rings. The summed E-state index contributed by atoms with van der Waals surface area (Å²) in [6, 6.07) is 7.95. The molecule has 0 amide bonds. The van der Waals surface area contributed by atoms with Crippen LogP contribution < -0.4 is 10.5 Å². The SMILES string of the molecule is COc1cccc(CN(C)CC(O)CCN)c1. The molecule has 1 unspecified atom stereocenters. The lowest BCUT2D eigenvalue weighted by Gasteiger charge is -2.20. The van der Waals surface area contributed by atoms with Crippen molar-refractivity contribution < 1.29 is 9.84 Å². The van der Waals surface area contributed by atoms with Gasteiger partial charge in [-0.05, 0) is 37.7 Å². The third-order valence-electron chi connectivity index (χ3n) is 2.61. The second-order valence-electron chi connectivity index (χ2n) is 4.28. The lowest BCUT2D eigenvalue weighted by molar-refractivity contribution is 0.117. The first-order chi connectivity index (χ1) is 8.15. The minimum absolute atomic E-state index is 0.351. The number of rotatable bonds is 7. The monoisotopic (exact) mass is 238 g/mol. The van der Waals surface area contributed by atoms with Crippen LogP contribution in [0.2, 0.25) is 0 Å². The molecule has 1 atom stereocenters. The largest absolute Gasteiger partial charge is 0.497 e. The van der Waals surface area contributed by atoms with Gasteiger partial charge in [0.05, 0.1) is 13.2 Å². The fourth-order valence-corrected chi connectivity index (χ4v) is 1.79. The van der Waals surface area contributed by atoms with E-state index in [-0.39, 0.29) is 6.10 Å². The molecule has 0 bridgehead atoms. The highest BCUT2D eigenvalue weighted by atomic mass is 16.5. The van der Waals surface area contributed by atoms with Crippen molar-refractivity contribution in [3.05, 3.63) is 29.8 Å². The summed E-state index contributed by atoms with van der Waals surface area (Å²) in [5.41, 5.74) is 6.57. The van der Waals surface area contributed by atoms with Crippen molar-refractivity contribution in [2.75, 3.05) is 27.2 Å². The van der Waals surface area contributed by atoms with Gasteiger partial charge in [-0.15, -0.1) is 0 Å². The minimum Gasteiger partial charge on any atom is -0.497 e. The molecule has 0 aliphatic rings. The summed E-state index contributed by atoms with van der Waals surface area (Å²) < 4.78 is 5.17. The van der Waals surface area contributed by atoms with E-state index in [0.717, 1.165) is 12.3 Å². The van der Waals surface area contributed by atoms with Crippen molar-refractivity contribution >= 4 is 0 Å². The van der Waals surface area contributed by atoms with Gasteiger partial charge < -0.3 is 15.6 Å². The third kappa shape index (κ3) is 5.17. The molecule has 3 N–H and O–H groups in total. The van der Waals surface area contributed by atoms with E-state index in [9.17, 15) is 5.11 Å². The average molecular weight is 238 g/mol. The molecule has 0 aliphatic carbocycles. The van der Waals surface area contributed by atoms with Gasteiger partial charge in [-0.25, -0.2) is 0 Å². The van der Waals surface area contributed by atoms with Gasteiger partial charge in [0.2, 0.25) is 0 Å². The van der Waals surface area contributed by atoms with E-state index < -0.39 is 0 Å².